The van der Waals surface area contributed by atoms with E-state index in [1.807, 2.05) is 20.8 Å². The van der Waals surface area contributed by atoms with E-state index in [2.05, 4.69) is 10.5 Å². The van der Waals surface area contributed by atoms with Crippen molar-refractivity contribution in [2.24, 2.45) is 0 Å². The number of aliphatic hydroxyl groups excluding tert-OH is 1. The van der Waals surface area contributed by atoms with Crippen LogP contribution in [0.3, 0.4) is 0 Å². The Kier molecular flexibility index (Phi) is 4.10. The van der Waals surface area contributed by atoms with Crippen LogP contribution in [0.15, 0.2) is 4.52 Å². The number of nitrogens with zero attached hydrogens (tertiary/aromatic N) is 1. The average molecular weight is 198 g/mol. The van der Waals surface area contributed by atoms with Gasteiger partial charge in [-0.3, -0.25) is 0 Å². The average Bonchev–Trinajstić information content (AvgIpc) is 2.44. The van der Waals surface area contributed by atoms with Crippen molar-refractivity contribution in [1.29, 1.82) is 0 Å². The van der Waals surface area contributed by atoms with Gasteiger partial charge in [0, 0.05) is 24.8 Å². The number of rotatable bonds is 5. The Bertz CT molecular complexity index is 264. The molecule has 1 unspecified atom stereocenters. The van der Waals surface area contributed by atoms with Crippen molar-refractivity contribution in [3.05, 3.63) is 17.0 Å². The lowest BCUT2D eigenvalue weighted by Gasteiger charge is -2.11. The standard InChI is InChI=1S/C10H18N2O2/c1-7(4-5-13)11-6-10-8(2)12-14-9(10)3/h7,11,13H,4-6H2,1-3H3. The summed E-state index contributed by atoms with van der Waals surface area (Å²) >= 11 is 0. The third-order valence-electron chi connectivity index (χ3n) is 2.37. The van der Waals surface area contributed by atoms with E-state index in [1.54, 1.807) is 0 Å². The van der Waals surface area contributed by atoms with Crippen molar-refractivity contribution in [2.75, 3.05) is 6.61 Å². The van der Waals surface area contributed by atoms with E-state index in [0.717, 1.165) is 30.0 Å². The first kappa shape index (κ1) is 11.2. The SMILES string of the molecule is Cc1noc(C)c1CNC(C)CCO. The third kappa shape index (κ3) is 2.82. The minimum atomic E-state index is 0.218. The summed E-state index contributed by atoms with van der Waals surface area (Å²) in [5.41, 5.74) is 2.06. The molecule has 14 heavy (non-hydrogen) atoms. The van der Waals surface area contributed by atoms with Gasteiger partial charge >= 0.3 is 0 Å². The first-order valence-electron chi connectivity index (χ1n) is 4.91. The molecule has 1 aromatic rings. The van der Waals surface area contributed by atoms with E-state index in [0.29, 0.717) is 6.04 Å². The van der Waals surface area contributed by atoms with Gasteiger partial charge in [-0.25, -0.2) is 0 Å². The van der Waals surface area contributed by atoms with Crippen molar-refractivity contribution in [1.82, 2.24) is 10.5 Å². The Morgan fingerprint density at radius 1 is 1.50 bits per heavy atom. The van der Waals surface area contributed by atoms with Crippen LogP contribution in [-0.4, -0.2) is 22.9 Å². The van der Waals surface area contributed by atoms with Gasteiger partial charge in [0.2, 0.25) is 0 Å². The third-order valence-corrected chi connectivity index (χ3v) is 2.37. The molecule has 4 heteroatoms. The molecule has 0 amide bonds. The number of aromatic nitrogens is 1. The topological polar surface area (TPSA) is 58.3 Å². The summed E-state index contributed by atoms with van der Waals surface area (Å²) in [5, 5.41) is 15.9. The lowest BCUT2D eigenvalue weighted by atomic mass is 10.2. The van der Waals surface area contributed by atoms with Crippen molar-refractivity contribution < 1.29 is 9.63 Å². The molecule has 2 N–H and O–H groups in total. The van der Waals surface area contributed by atoms with Crippen LogP contribution in [0.25, 0.3) is 0 Å². The number of nitrogens with one attached hydrogen (secondary N) is 1. The highest BCUT2D eigenvalue weighted by Crippen LogP contribution is 2.11. The normalized spacial score (nSPS) is 13.1. The Balaban J connectivity index is 2.45. The molecule has 80 valence electrons. The molecule has 0 aliphatic rings. The van der Waals surface area contributed by atoms with Crippen LogP contribution in [0.2, 0.25) is 0 Å². The van der Waals surface area contributed by atoms with E-state index < -0.39 is 0 Å². The van der Waals surface area contributed by atoms with Crippen molar-refractivity contribution >= 4 is 0 Å². The molecule has 0 saturated heterocycles. The molecule has 1 heterocycles. The lowest BCUT2D eigenvalue weighted by Crippen LogP contribution is -2.26. The molecular formula is C10H18N2O2. The van der Waals surface area contributed by atoms with Crippen LogP contribution >= 0.6 is 0 Å². The molecule has 0 aliphatic carbocycles. The van der Waals surface area contributed by atoms with Gasteiger partial charge in [-0.05, 0) is 27.2 Å². The molecule has 1 atom stereocenters. The molecule has 0 radical (unpaired) electrons. The van der Waals surface area contributed by atoms with E-state index in [4.69, 9.17) is 9.63 Å². The number of hydrogen-bond donors (Lipinski definition) is 2. The summed E-state index contributed by atoms with van der Waals surface area (Å²) in [5.74, 6) is 0.867. The van der Waals surface area contributed by atoms with E-state index in [1.165, 1.54) is 0 Å². The van der Waals surface area contributed by atoms with Crippen LogP contribution in [0, 0.1) is 13.8 Å². The Morgan fingerprint density at radius 2 is 2.21 bits per heavy atom. The Labute approximate surface area is 84.3 Å². The number of aliphatic hydroxyl groups is 1. The second kappa shape index (κ2) is 5.12. The zero-order valence-electron chi connectivity index (χ0n) is 9.00. The predicted octanol–water partition coefficient (Wildman–Crippen LogP) is 1.15. The lowest BCUT2D eigenvalue weighted by molar-refractivity contribution is 0.268. The molecular weight excluding hydrogens is 180 g/mol. The molecule has 4 nitrogen and oxygen atoms in total. The van der Waals surface area contributed by atoms with Gasteiger partial charge in [-0.15, -0.1) is 0 Å². The van der Waals surface area contributed by atoms with Gasteiger partial charge in [0.05, 0.1) is 5.69 Å². The predicted molar refractivity (Wildman–Crippen MR) is 54.0 cm³/mol. The van der Waals surface area contributed by atoms with E-state index in [-0.39, 0.29) is 6.61 Å². The number of aryl methyl sites for hydroxylation is 2. The molecule has 0 aromatic carbocycles. The first-order valence-corrected chi connectivity index (χ1v) is 4.91. The fourth-order valence-electron chi connectivity index (χ4n) is 1.33. The molecule has 0 spiro atoms. The quantitative estimate of drug-likeness (QED) is 0.745. The van der Waals surface area contributed by atoms with Crippen molar-refractivity contribution in [3.63, 3.8) is 0 Å². The molecule has 0 saturated carbocycles. The highest BCUT2D eigenvalue weighted by Gasteiger charge is 2.09. The fraction of sp³-hybridized carbons (Fsp3) is 0.700. The maximum absolute atomic E-state index is 8.73. The molecule has 0 fully saturated rings. The summed E-state index contributed by atoms with van der Waals surface area (Å²) in [6, 6.07) is 0.314. The summed E-state index contributed by atoms with van der Waals surface area (Å²) in [7, 11) is 0. The van der Waals surface area contributed by atoms with E-state index in [9.17, 15) is 0 Å². The zero-order chi connectivity index (χ0) is 10.6. The molecule has 0 aliphatic heterocycles. The first-order chi connectivity index (χ1) is 6.65. The maximum atomic E-state index is 8.73. The fourth-order valence-corrected chi connectivity index (χ4v) is 1.33. The largest absolute Gasteiger partial charge is 0.396 e. The second-order valence-corrected chi connectivity index (χ2v) is 3.60. The van der Waals surface area contributed by atoms with Crippen molar-refractivity contribution in [2.45, 2.75) is 39.8 Å². The summed E-state index contributed by atoms with van der Waals surface area (Å²) in [6.07, 6.45) is 0.767. The molecule has 0 bridgehead atoms. The minimum absolute atomic E-state index is 0.218. The highest BCUT2D eigenvalue weighted by atomic mass is 16.5. The van der Waals surface area contributed by atoms with Crippen molar-refractivity contribution in [3.8, 4) is 0 Å². The van der Waals surface area contributed by atoms with Gasteiger partial charge in [-0.1, -0.05) is 5.16 Å². The Hall–Kier alpha value is -0.870. The smallest absolute Gasteiger partial charge is 0.138 e. The van der Waals surface area contributed by atoms with Gasteiger partial charge < -0.3 is 14.9 Å². The van der Waals surface area contributed by atoms with Crippen LogP contribution < -0.4 is 5.32 Å². The number of hydrogen-bond acceptors (Lipinski definition) is 4. The molecule has 1 aromatic heterocycles. The van der Waals surface area contributed by atoms with Crippen LogP contribution in [0.5, 0.6) is 0 Å². The minimum Gasteiger partial charge on any atom is -0.396 e. The van der Waals surface area contributed by atoms with E-state index >= 15 is 0 Å². The monoisotopic (exact) mass is 198 g/mol. The zero-order valence-corrected chi connectivity index (χ0v) is 9.00. The van der Waals surface area contributed by atoms with Crippen LogP contribution in [0.4, 0.5) is 0 Å². The Morgan fingerprint density at radius 3 is 2.71 bits per heavy atom. The van der Waals surface area contributed by atoms with Crippen LogP contribution in [-0.2, 0) is 6.54 Å². The summed E-state index contributed by atoms with van der Waals surface area (Å²) < 4.78 is 5.05. The van der Waals surface area contributed by atoms with Crippen LogP contribution in [0.1, 0.15) is 30.4 Å². The van der Waals surface area contributed by atoms with Gasteiger partial charge in [-0.2, -0.15) is 0 Å². The van der Waals surface area contributed by atoms with Gasteiger partial charge in [0.1, 0.15) is 5.76 Å². The summed E-state index contributed by atoms with van der Waals surface area (Å²) in [4.78, 5) is 0. The highest BCUT2D eigenvalue weighted by molar-refractivity contribution is 5.20. The van der Waals surface area contributed by atoms with Gasteiger partial charge in [0.15, 0.2) is 0 Å². The molecule has 1 rings (SSSR count). The summed E-state index contributed by atoms with van der Waals surface area (Å²) in [6.45, 7) is 6.87. The van der Waals surface area contributed by atoms with Gasteiger partial charge in [0.25, 0.3) is 0 Å². The maximum Gasteiger partial charge on any atom is 0.138 e. The second-order valence-electron chi connectivity index (χ2n) is 3.60.